The molecule has 1 fully saturated rings. The van der Waals surface area contributed by atoms with Gasteiger partial charge in [-0.05, 0) is 48.0 Å². The minimum Gasteiger partial charge on any atom is -0.304 e. The van der Waals surface area contributed by atoms with E-state index in [9.17, 15) is 22.4 Å². The van der Waals surface area contributed by atoms with Crippen LogP contribution < -0.4 is 9.80 Å². The minimum atomic E-state index is -4.24. The van der Waals surface area contributed by atoms with Gasteiger partial charge in [-0.2, -0.15) is 0 Å². The van der Waals surface area contributed by atoms with Crippen LogP contribution in [0.1, 0.15) is 11.1 Å². The molecule has 2 amide bonds. The first kappa shape index (κ1) is 20.8. The van der Waals surface area contributed by atoms with E-state index in [2.05, 4.69) is 15.9 Å². The molecule has 5 rings (SSSR count). The lowest BCUT2D eigenvalue weighted by Gasteiger charge is -2.32. The first-order valence-corrected chi connectivity index (χ1v) is 12.2. The third kappa shape index (κ3) is 2.84. The van der Waals surface area contributed by atoms with Gasteiger partial charge in [-0.15, -0.1) is 0 Å². The monoisotopic (exact) mass is 514 g/mol. The third-order valence-corrected chi connectivity index (χ3v) is 8.37. The zero-order chi connectivity index (χ0) is 22.7. The van der Waals surface area contributed by atoms with Gasteiger partial charge in [0, 0.05) is 15.7 Å². The van der Waals surface area contributed by atoms with Crippen molar-refractivity contribution in [3.63, 3.8) is 0 Å². The smallest absolute Gasteiger partial charge is 0.274 e. The van der Waals surface area contributed by atoms with Crippen LogP contribution in [0.25, 0.3) is 0 Å². The molecule has 0 aromatic heterocycles. The van der Waals surface area contributed by atoms with Crippen LogP contribution >= 0.6 is 15.9 Å². The fraction of sp³-hybridized carbons (Fsp3) is 0.130. The second kappa shape index (κ2) is 7.25. The zero-order valence-corrected chi connectivity index (χ0v) is 18.9. The van der Waals surface area contributed by atoms with Gasteiger partial charge in [0.15, 0.2) is 9.84 Å². The summed E-state index contributed by atoms with van der Waals surface area (Å²) >= 11 is 3.33. The number of carbonyl (C=O) groups is 2. The molecule has 0 radical (unpaired) electrons. The van der Waals surface area contributed by atoms with Gasteiger partial charge in [0.25, 0.3) is 10.8 Å². The Morgan fingerprint density at radius 3 is 2.41 bits per heavy atom. The number of hydrogen-bond donors (Lipinski definition) is 0. The quantitative estimate of drug-likeness (QED) is 0.533. The van der Waals surface area contributed by atoms with Crippen molar-refractivity contribution < 1.29 is 22.4 Å². The topological polar surface area (TPSA) is 74.8 Å². The normalized spacial score (nSPS) is 21.4. The van der Waals surface area contributed by atoms with Gasteiger partial charge in [0.05, 0.1) is 12.2 Å². The highest BCUT2D eigenvalue weighted by molar-refractivity contribution is 9.10. The van der Waals surface area contributed by atoms with E-state index in [1.54, 1.807) is 54.6 Å². The fourth-order valence-corrected chi connectivity index (χ4v) is 6.75. The van der Waals surface area contributed by atoms with Crippen LogP contribution in [0.2, 0.25) is 0 Å². The van der Waals surface area contributed by atoms with E-state index in [1.807, 2.05) is 0 Å². The summed E-state index contributed by atoms with van der Waals surface area (Å²) in [6.07, 6.45) is 0. The van der Waals surface area contributed by atoms with Crippen LogP contribution in [-0.4, -0.2) is 26.0 Å². The molecule has 32 heavy (non-hydrogen) atoms. The molecule has 6 nitrogen and oxygen atoms in total. The predicted octanol–water partition coefficient (Wildman–Crippen LogP) is 3.75. The molecule has 1 saturated heterocycles. The number of rotatable bonds is 3. The Bertz CT molecular complexity index is 1380. The molecule has 1 atom stereocenters. The van der Waals surface area contributed by atoms with E-state index < -0.39 is 38.1 Å². The van der Waals surface area contributed by atoms with Crippen LogP contribution in [0.15, 0.2) is 77.3 Å². The van der Waals surface area contributed by atoms with E-state index >= 15 is 0 Å². The molecule has 2 heterocycles. The van der Waals surface area contributed by atoms with E-state index in [0.717, 1.165) is 9.37 Å². The number of hydrogen-bond acceptors (Lipinski definition) is 4. The van der Waals surface area contributed by atoms with Gasteiger partial charge in [-0.3, -0.25) is 14.5 Å². The van der Waals surface area contributed by atoms with Crippen molar-refractivity contribution in [2.45, 2.75) is 11.4 Å². The molecule has 3 aromatic carbocycles. The number of fused-ring (bicyclic) bond motifs is 2. The highest BCUT2D eigenvalue weighted by atomic mass is 79.9. The molecule has 3 aromatic rings. The molecule has 2 aliphatic rings. The van der Waals surface area contributed by atoms with Crippen molar-refractivity contribution in [3.8, 4) is 0 Å². The van der Waals surface area contributed by atoms with Crippen LogP contribution in [0.3, 0.4) is 0 Å². The first-order chi connectivity index (χ1) is 15.3. The van der Waals surface area contributed by atoms with Crippen LogP contribution in [-0.2, 0) is 30.8 Å². The second-order valence-corrected chi connectivity index (χ2v) is 10.7. The molecule has 0 aliphatic carbocycles. The first-order valence-electron chi connectivity index (χ1n) is 9.72. The minimum absolute atomic E-state index is 0.0345. The lowest BCUT2D eigenvalue weighted by atomic mass is 10.0. The average molecular weight is 515 g/mol. The summed E-state index contributed by atoms with van der Waals surface area (Å²) in [6, 6.07) is 18.8. The van der Waals surface area contributed by atoms with Crippen LogP contribution in [0, 0.1) is 5.82 Å². The van der Waals surface area contributed by atoms with Crippen molar-refractivity contribution in [1.29, 1.82) is 0 Å². The average Bonchev–Trinajstić information content (AvgIpc) is 3.12. The lowest BCUT2D eigenvalue weighted by Crippen LogP contribution is -2.54. The summed E-state index contributed by atoms with van der Waals surface area (Å²) in [6.45, 7) is -0.0345. The number of nitrogens with zero attached hydrogens (tertiary/aromatic N) is 2. The molecule has 0 bridgehead atoms. The summed E-state index contributed by atoms with van der Waals surface area (Å²) in [4.78, 5) is 27.1. The van der Waals surface area contributed by atoms with Gasteiger partial charge in [0.2, 0.25) is 5.91 Å². The van der Waals surface area contributed by atoms with E-state index in [0.29, 0.717) is 16.9 Å². The van der Waals surface area contributed by atoms with E-state index in [1.165, 1.54) is 23.1 Å². The Kier molecular flexibility index (Phi) is 4.72. The summed E-state index contributed by atoms with van der Waals surface area (Å²) < 4.78 is 41.5. The zero-order valence-electron chi connectivity index (χ0n) is 16.5. The Morgan fingerprint density at radius 2 is 1.69 bits per heavy atom. The molecule has 0 N–H and O–H groups in total. The van der Waals surface area contributed by atoms with Crippen molar-refractivity contribution in [2.24, 2.45) is 0 Å². The van der Waals surface area contributed by atoms with Gasteiger partial charge in [0.1, 0.15) is 11.6 Å². The molecule has 1 spiro atoms. The standard InChI is InChI=1S/C23H16BrFN2O4S/c24-16-8-10-18(11-9-16)27-21(28)14-32(30,31)23(27)19-6-1-2-7-20(19)26(22(23)29)13-15-4-3-5-17(25)12-15/h1-12H,13-14H2/t23-/m1/s1. The summed E-state index contributed by atoms with van der Waals surface area (Å²) in [5.74, 6) is -2.67. The van der Waals surface area contributed by atoms with Gasteiger partial charge in [-0.25, -0.2) is 12.8 Å². The number of carbonyl (C=O) groups excluding carboxylic acids is 2. The Balaban J connectivity index is 1.73. The van der Waals surface area contributed by atoms with Gasteiger partial charge >= 0.3 is 0 Å². The molecule has 0 saturated carbocycles. The highest BCUT2D eigenvalue weighted by Gasteiger charge is 2.69. The van der Waals surface area contributed by atoms with Crippen molar-refractivity contribution in [1.82, 2.24) is 0 Å². The third-order valence-electron chi connectivity index (χ3n) is 5.74. The number of amides is 2. The number of anilines is 2. The highest BCUT2D eigenvalue weighted by Crippen LogP contribution is 2.52. The maximum absolute atomic E-state index is 13.9. The number of benzene rings is 3. The lowest BCUT2D eigenvalue weighted by molar-refractivity contribution is -0.123. The Morgan fingerprint density at radius 1 is 0.969 bits per heavy atom. The number of halogens is 2. The largest absolute Gasteiger partial charge is 0.304 e. The van der Waals surface area contributed by atoms with Crippen molar-refractivity contribution in [2.75, 3.05) is 15.6 Å². The molecule has 0 unspecified atom stereocenters. The Hall–Kier alpha value is -3.04. The molecular weight excluding hydrogens is 499 g/mol. The molecular formula is C23H16BrFN2O4S. The molecule has 9 heteroatoms. The van der Waals surface area contributed by atoms with Crippen LogP contribution in [0.4, 0.5) is 15.8 Å². The second-order valence-electron chi connectivity index (χ2n) is 7.65. The van der Waals surface area contributed by atoms with Gasteiger partial charge in [-0.1, -0.05) is 46.3 Å². The number of para-hydroxylation sites is 1. The van der Waals surface area contributed by atoms with Gasteiger partial charge < -0.3 is 4.90 Å². The molecule has 2 aliphatic heterocycles. The maximum atomic E-state index is 13.9. The SMILES string of the molecule is O=C1CS(=O)(=O)[C@]2(C(=O)N(Cc3cccc(F)c3)c3ccccc32)N1c1ccc(Br)cc1. The number of sulfone groups is 1. The summed E-state index contributed by atoms with van der Waals surface area (Å²) in [5, 5.41) is 0. The van der Waals surface area contributed by atoms with Crippen molar-refractivity contribution in [3.05, 3.63) is 94.2 Å². The Labute approximate surface area is 192 Å². The summed E-state index contributed by atoms with van der Waals surface area (Å²) in [5.41, 5.74) is 1.40. The summed E-state index contributed by atoms with van der Waals surface area (Å²) in [7, 11) is -4.24. The van der Waals surface area contributed by atoms with Crippen LogP contribution in [0.5, 0.6) is 0 Å². The van der Waals surface area contributed by atoms with E-state index in [-0.39, 0.29) is 12.1 Å². The van der Waals surface area contributed by atoms with Crippen molar-refractivity contribution >= 4 is 49.0 Å². The fourth-order valence-electron chi connectivity index (χ4n) is 4.46. The predicted molar refractivity (Wildman–Crippen MR) is 121 cm³/mol. The molecule has 162 valence electrons. The van der Waals surface area contributed by atoms with E-state index in [4.69, 9.17) is 0 Å². The maximum Gasteiger partial charge on any atom is 0.274 e.